The van der Waals surface area contributed by atoms with Gasteiger partial charge in [0.1, 0.15) is 5.82 Å². The largest absolute Gasteiger partial charge is 0.436 e. The smallest absolute Gasteiger partial charge is 0.225 e. The van der Waals surface area contributed by atoms with E-state index in [-0.39, 0.29) is 23.5 Å². The van der Waals surface area contributed by atoms with Gasteiger partial charge in [-0.2, -0.15) is 4.98 Å². The molecule has 1 aliphatic carbocycles. The van der Waals surface area contributed by atoms with Crippen molar-refractivity contribution < 1.29 is 13.9 Å². The third-order valence-corrected chi connectivity index (χ3v) is 4.92. The lowest BCUT2D eigenvalue weighted by Crippen LogP contribution is -2.40. The average molecular weight is 355 g/mol. The van der Waals surface area contributed by atoms with E-state index in [1.54, 1.807) is 24.3 Å². The Hall–Kier alpha value is -2.50. The van der Waals surface area contributed by atoms with Gasteiger partial charge in [-0.15, -0.1) is 0 Å². The van der Waals surface area contributed by atoms with Crippen molar-refractivity contribution in [3.05, 3.63) is 47.7 Å². The molecular weight excluding hydrogens is 333 g/mol. The number of piperidine rings is 1. The second-order valence-corrected chi connectivity index (χ2v) is 7.14. The quantitative estimate of drug-likeness (QED) is 0.836. The van der Waals surface area contributed by atoms with Crippen molar-refractivity contribution >= 4 is 5.91 Å². The summed E-state index contributed by atoms with van der Waals surface area (Å²) >= 11 is 0. The number of hydrogen-bond acceptors (Lipinski definition) is 4. The summed E-state index contributed by atoms with van der Waals surface area (Å²) in [5, 5.41) is 0. The molecule has 0 radical (unpaired) electrons. The zero-order valence-corrected chi connectivity index (χ0v) is 14.8. The minimum Gasteiger partial charge on any atom is -0.436 e. The van der Waals surface area contributed by atoms with Crippen LogP contribution in [0, 0.1) is 18.7 Å². The molecular formula is C20H22FN3O2. The van der Waals surface area contributed by atoms with Crippen LogP contribution in [0.4, 0.5) is 4.39 Å². The molecule has 1 amide bonds. The molecule has 136 valence electrons. The molecule has 0 bridgehead atoms. The fourth-order valence-corrected chi connectivity index (χ4v) is 3.41. The first kappa shape index (κ1) is 16.9. The number of carbonyl (C=O) groups is 1. The van der Waals surface area contributed by atoms with E-state index in [0.717, 1.165) is 37.9 Å². The van der Waals surface area contributed by atoms with E-state index in [0.29, 0.717) is 18.2 Å². The molecule has 5 nitrogen and oxygen atoms in total. The Morgan fingerprint density at radius 1 is 1.23 bits per heavy atom. The number of hydrogen-bond donors (Lipinski definition) is 0. The molecule has 2 fully saturated rings. The zero-order chi connectivity index (χ0) is 18.1. The SMILES string of the molecule is Cc1cc(Oc2ccccc2F)nc(C2CCCN(C(=O)C3CC3)C2)n1. The van der Waals surface area contributed by atoms with Gasteiger partial charge in [0.15, 0.2) is 11.6 Å². The monoisotopic (exact) mass is 355 g/mol. The molecule has 4 rings (SSSR count). The Morgan fingerprint density at radius 2 is 2.04 bits per heavy atom. The number of amides is 1. The topological polar surface area (TPSA) is 55.3 Å². The van der Waals surface area contributed by atoms with Gasteiger partial charge in [-0.1, -0.05) is 12.1 Å². The van der Waals surface area contributed by atoms with Gasteiger partial charge in [-0.25, -0.2) is 9.37 Å². The van der Waals surface area contributed by atoms with Crippen molar-refractivity contribution in [3.63, 3.8) is 0 Å². The predicted molar refractivity (Wildman–Crippen MR) is 94.5 cm³/mol. The first-order valence-corrected chi connectivity index (χ1v) is 9.17. The van der Waals surface area contributed by atoms with Crippen LogP contribution in [0.15, 0.2) is 30.3 Å². The fraction of sp³-hybridized carbons (Fsp3) is 0.450. The molecule has 26 heavy (non-hydrogen) atoms. The van der Waals surface area contributed by atoms with Crippen molar-refractivity contribution in [2.45, 2.75) is 38.5 Å². The van der Waals surface area contributed by atoms with Gasteiger partial charge >= 0.3 is 0 Å². The maximum absolute atomic E-state index is 13.8. The summed E-state index contributed by atoms with van der Waals surface area (Å²) in [7, 11) is 0. The Labute approximate surface area is 152 Å². The summed E-state index contributed by atoms with van der Waals surface area (Å²) in [5.41, 5.74) is 0.770. The summed E-state index contributed by atoms with van der Waals surface area (Å²) in [6.07, 6.45) is 3.92. The second kappa shape index (κ2) is 7.02. The molecule has 1 saturated carbocycles. The summed E-state index contributed by atoms with van der Waals surface area (Å²) < 4.78 is 19.5. The highest BCUT2D eigenvalue weighted by atomic mass is 19.1. The van der Waals surface area contributed by atoms with Crippen LogP contribution in [0.3, 0.4) is 0 Å². The van der Waals surface area contributed by atoms with Crippen LogP contribution in [0.5, 0.6) is 11.6 Å². The standard InChI is InChI=1S/C20H22FN3O2/c1-13-11-18(26-17-7-3-2-6-16(17)21)23-19(22-13)15-5-4-10-24(12-15)20(25)14-8-9-14/h2-3,6-7,11,14-15H,4-5,8-10,12H2,1H3. The molecule has 1 aliphatic heterocycles. The lowest BCUT2D eigenvalue weighted by atomic mass is 9.96. The molecule has 1 aromatic carbocycles. The number of aryl methyl sites for hydroxylation is 1. The van der Waals surface area contributed by atoms with Crippen molar-refractivity contribution in [2.24, 2.45) is 5.92 Å². The van der Waals surface area contributed by atoms with Gasteiger partial charge in [0.2, 0.25) is 11.8 Å². The molecule has 0 N–H and O–H groups in total. The van der Waals surface area contributed by atoms with E-state index in [1.807, 2.05) is 11.8 Å². The fourth-order valence-electron chi connectivity index (χ4n) is 3.41. The van der Waals surface area contributed by atoms with Crippen molar-refractivity contribution in [1.82, 2.24) is 14.9 Å². The lowest BCUT2D eigenvalue weighted by molar-refractivity contribution is -0.133. The predicted octanol–water partition coefficient (Wildman–Crippen LogP) is 3.83. The maximum Gasteiger partial charge on any atom is 0.225 e. The van der Waals surface area contributed by atoms with Gasteiger partial charge in [-0.3, -0.25) is 4.79 Å². The van der Waals surface area contributed by atoms with Crippen molar-refractivity contribution in [1.29, 1.82) is 0 Å². The number of aromatic nitrogens is 2. The van der Waals surface area contributed by atoms with E-state index >= 15 is 0 Å². The molecule has 1 atom stereocenters. The van der Waals surface area contributed by atoms with Crippen LogP contribution >= 0.6 is 0 Å². The van der Waals surface area contributed by atoms with Gasteiger partial charge in [0, 0.05) is 36.7 Å². The Morgan fingerprint density at radius 3 is 2.81 bits per heavy atom. The van der Waals surface area contributed by atoms with Gasteiger partial charge in [0.05, 0.1) is 0 Å². The number of likely N-dealkylation sites (tertiary alicyclic amines) is 1. The molecule has 1 unspecified atom stereocenters. The number of para-hydroxylation sites is 1. The molecule has 0 spiro atoms. The third-order valence-electron chi connectivity index (χ3n) is 4.92. The summed E-state index contributed by atoms with van der Waals surface area (Å²) in [6.45, 7) is 3.34. The highest BCUT2D eigenvalue weighted by molar-refractivity contribution is 5.81. The van der Waals surface area contributed by atoms with E-state index in [2.05, 4.69) is 9.97 Å². The summed E-state index contributed by atoms with van der Waals surface area (Å²) in [6, 6.07) is 7.96. The van der Waals surface area contributed by atoms with Crippen LogP contribution < -0.4 is 4.74 Å². The van der Waals surface area contributed by atoms with Crippen molar-refractivity contribution in [2.75, 3.05) is 13.1 Å². The Bertz CT molecular complexity index is 822. The first-order valence-electron chi connectivity index (χ1n) is 9.17. The first-order chi connectivity index (χ1) is 12.6. The van der Waals surface area contributed by atoms with E-state index in [4.69, 9.17) is 4.74 Å². The molecule has 2 aromatic rings. The number of ether oxygens (including phenoxy) is 1. The Balaban J connectivity index is 1.53. The van der Waals surface area contributed by atoms with Crippen LogP contribution in [-0.4, -0.2) is 33.9 Å². The van der Waals surface area contributed by atoms with E-state index in [9.17, 15) is 9.18 Å². The highest BCUT2D eigenvalue weighted by Crippen LogP contribution is 2.34. The minimum absolute atomic E-state index is 0.0920. The summed E-state index contributed by atoms with van der Waals surface area (Å²) in [4.78, 5) is 23.4. The maximum atomic E-state index is 13.8. The Kier molecular flexibility index (Phi) is 4.57. The minimum atomic E-state index is -0.427. The zero-order valence-electron chi connectivity index (χ0n) is 14.8. The van der Waals surface area contributed by atoms with Gasteiger partial charge < -0.3 is 9.64 Å². The highest BCUT2D eigenvalue weighted by Gasteiger charge is 2.36. The van der Waals surface area contributed by atoms with E-state index < -0.39 is 5.82 Å². The second-order valence-electron chi connectivity index (χ2n) is 7.14. The lowest BCUT2D eigenvalue weighted by Gasteiger charge is -2.32. The molecule has 2 heterocycles. The number of benzene rings is 1. The number of rotatable bonds is 4. The number of halogens is 1. The number of nitrogens with zero attached hydrogens (tertiary/aromatic N) is 3. The summed E-state index contributed by atoms with van der Waals surface area (Å²) in [5.74, 6) is 1.31. The van der Waals surface area contributed by atoms with Crippen LogP contribution in [0.25, 0.3) is 0 Å². The normalized spacial score (nSPS) is 20.1. The van der Waals surface area contributed by atoms with Gasteiger partial charge in [0.25, 0.3) is 0 Å². The average Bonchev–Trinajstić information content (AvgIpc) is 3.48. The third kappa shape index (κ3) is 3.69. The number of carbonyl (C=O) groups excluding carboxylic acids is 1. The molecule has 2 aliphatic rings. The van der Waals surface area contributed by atoms with Crippen LogP contribution in [-0.2, 0) is 4.79 Å². The molecule has 1 saturated heterocycles. The molecule has 6 heteroatoms. The van der Waals surface area contributed by atoms with Gasteiger partial charge in [-0.05, 0) is 44.7 Å². The van der Waals surface area contributed by atoms with Crippen LogP contribution in [0.1, 0.15) is 43.1 Å². The van der Waals surface area contributed by atoms with Crippen LogP contribution in [0.2, 0.25) is 0 Å². The molecule has 1 aromatic heterocycles. The van der Waals surface area contributed by atoms with Crippen molar-refractivity contribution in [3.8, 4) is 11.6 Å². The van der Waals surface area contributed by atoms with E-state index in [1.165, 1.54) is 6.07 Å².